The zero-order valence-corrected chi connectivity index (χ0v) is 7.26. The van der Waals surface area contributed by atoms with E-state index in [0.29, 0.717) is 11.8 Å². The molecule has 64 valence electrons. The van der Waals surface area contributed by atoms with Crippen LogP contribution in [0.2, 0.25) is 0 Å². The fraction of sp³-hybridized carbons (Fsp3) is 0.125. The molecule has 1 aromatic rings. The van der Waals surface area contributed by atoms with Crippen LogP contribution in [0.4, 0.5) is 0 Å². The molecular weight excluding hydrogens is 176 g/mol. The number of benzene rings is 1. The molecule has 0 bridgehead atoms. The summed E-state index contributed by atoms with van der Waals surface area (Å²) in [4.78, 5) is 10.5. The molecule has 0 aromatic heterocycles. The van der Waals surface area contributed by atoms with E-state index < -0.39 is 11.1 Å². The monoisotopic (exact) mass is 183 g/mol. The Kier molecular flexibility index (Phi) is 2.73. The second-order valence-electron chi connectivity index (χ2n) is 2.43. The second kappa shape index (κ2) is 3.60. The van der Waals surface area contributed by atoms with E-state index in [1.165, 1.54) is 12.1 Å². The first kappa shape index (κ1) is 9.09. The third-order valence-electron chi connectivity index (χ3n) is 1.40. The van der Waals surface area contributed by atoms with Gasteiger partial charge < -0.3 is 4.55 Å². The summed E-state index contributed by atoms with van der Waals surface area (Å²) in [5.74, 6) is 0. The maximum absolute atomic E-state index is 10.5. The van der Waals surface area contributed by atoms with Crippen LogP contribution in [0.5, 0.6) is 0 Å². The third-order valence-corrected chi connectivity index (χ3v) is 2.02. The quantitative estimate of drug-likeness (QED) is 0.508. The van der Waals surface area contributed by atoms with Gasteiger partial charge in [0.05, 0.1) is 0 Å². The Morgan fingerprint density at radius 1 is 1.42 bits per heavy atom. The van der Waals surface area contributed by atoms with Gasteiger partial charge >= 0.3 is 0 Å². The van der Waals surface area contributed by atoms with Crippen LogP contribution in [0.3, 0.4) is 0 Å². The van der Waals surface area contributed by atoms with E-state index in [1.807, 2.05) is 0 Å². The molecular formula is C8H7O3S-. The zero-order chi connectivity index (χ0) is 9.14. The molecule has 0 amide bonds. The summed E-state index contributed by atoms with van der Waals surface area (Å²) in [5.41, 5.74) is 1.15. The summed E-state index contributed by atoms with van der Waals surface area (Å²) < 4.78 is 21.0. The standard InChI is InChI=1S/C8H8O3S/c1-6-2-7(5-9)4-8(3-6)12(10)11/h2-5H,1H3,(H,10,11)/p-1. The van der Waals surface area contributed by atoms with Crippen molar-refractivity contribution in [3.8, 4) is 0 Å². The molecule has 12 heavy (non-hydrogen) atoms. The Bertz CT molecular complexity index is 333. The minimum absolute atomic E-state index is 0.150. The van der Waals surface area contributed by atoms with Crippen molar-refractivity contribution in [1.29, 1.82) is 0 Å². The Labute approximate surface area is 72.7 Å². The largest absolute Gasteiger partial charge is 0.768 e. The molecule has 0 aliphatic carbocycles. The van der Waals surface area contributed by atoms with Crippen LogP contribution in [0.15, 0.2) is 23.1 Å². The van der Waals surface area contributed by atoms with Crippen molar-refractivity contribution in [3.05, 3.63) is 29.3 Å². The molecule has 0 aliphatic heterocycles. The summed E-state index contributed by atoms with van der Waals surface area (Å²) in [6.45, 7) is 1.74. The van der Waals surface area contributed by atoms with Gasteiger partial charge in [-0.3, -0.25) is 9.00 Å². The van der Waals surface area contributed by atoms with Gasteiger partial charge in [0.25, 0.3) is 0 Å². The number of hydrogen-bond acceptors (Lipinski definition) is 3. The highest BCUT2D eigenvalue weighted by Gasteiger charge is 1.97. The van der Waals surface area contributed by atoms with Crippen LogP contribution in [-0.4, -0.2) is 15.0 Å². The molecule has 1 rings (SSSR count). The van der Waals surface area contributed by atoms with E-state index in [-0.39, 0.29) is 4.90 Å². The van der Waals surface area contributed by atoms with Gasteiger partial charge in [0.15, 0.2) is 0 Å². The maximum atomic E-state index is 10.5. The van der Waals surface area contributed by atoms with E-state index in [9.17, 15) is 13.6 Å². The SMILES string of the molecule is Cc1cc(C=O)cc(S(=O)[O-])c1. The lowest BCUT2D eigenvalue weighted by Crippen LogP contribution is -1.92. The van der Waals surface area contributed by atoms with Crippen LogP contribution in [0.1, 0.15) is 15.9 Å². The van der Waals surface area contributed by atoms with Gasteiger partial charge in [-0.05, 0) is 41.8 Å². The number of aryl methyl sites for hydroxylation is 1. The van der Waals surface area contributed by atoms with Gasteiger partial charge in [-0.15, -0.1) is 0 Å². The van der Waals surface area contributed by atoms with Crippen molar-refractivity contribution >= 4 is 17.4 Å². The normalized spacial score (nSPS) is 12.5. The molecule has 0 N–H and O–H groups in total. The number of hydrogen-bond donors (Lipinski definition) is 0. The lowest BCUT2D eigenvalue weighted by atomic mass is 10.2. The highest BCUT2D eigenvalue weighted by atomic mass is 32.2. The van der Waals surface area contributed by atoms with Gasteiger partial charge in [0.2, 0.25) is 0 Å². The van der Waals surface area contributed by atoms with E-state index in [2.05, 4.69) is 0 Å². The van der Waals surface area contributed by atoms with Crippen molar-refractivity contribution in [1.82, 2.24) is 0 Å². The molecule has 0 radical (unpaired) electrons. The average molecular weight is 183 g/mol. The van der Waals surface area contributed by atoms with E-state index >= 15 is 0 Å². The summed E-state index contributed by atoms with van der Waals surface area (Å²) in [5, 5.41) is 0. The first-order valence-corrected chi connectivity index (χ1v) is 4.37. The van der Waals surface area contributed by atoms with Crippen molar-refractivity contribution < 1.29 is 13.6 Å². The van der Waals surface area contributed by atoms with Crippen molar-refractivity contribution in [3.63, 3.8) is 0 Å². The third kappa shape index (κ3) is 1.99. The lowest BCUT2D eigenvalue weighted by Gasteiger charge is -2.06. The van der Waals surface area contributed by atoms with Crippen molar-refractivity contribution in [2.45, 2.75) is 11.8 Å². The van der Waals surface area contributed by atoms with E-state index in [1.54, 1.807) is 13.0 Å². The first-order chi connectivity index (χ1) is 5.63. The number of carbonyl (C=O) groups excluding carboxylic acids is 1. The van der Waals surface area contributed by atoms with Crippen molar-refractivity contribution in [2.24, 2.45) is 0 Å². The van der Waals surface area contributed by atoms with Crippen molar-refractivity contribution in [2.75, 3.05) is 0 Å². The highest BCUT2D eigenvalue weighted by molar-refractivity contribution is 7.79. The number of carbonyl (C=O) groups is 1. The lowest BCUT2D eigenvalue weighted by molar-refractivity contribution is 0.112. The van der Waals surface area contributed by atoms with Gasteiger partial charge in [0, 0.05) is 10.5 Å². The molecule has 0 aliphatic rings. The van der Waals surface area contributed by atoms with E-state index in [4.69, 9.17) is 0 Å². The minimum Gasteiger partial charge on any atom is -0.768 e. The molecule has 0 fully saturated rings. The van der Waals surface area contributed by atoms with Gasteiger partial charge in [-0.2, -0.15) is 0 Å². The Morgan fingerprint density at radius 2 is 2.08 bits per heavy atom. The molecule has 1 aromatic carbocycles. The second-order valence-corrected chi connectivity index (χ2v) is 3.37. The zero-order valence-electron chi connectivity index (χ0n) is 6.44. The maximum Gasteiger partial charge on any atom is 0.150 e. The highest BCUT2D eigenvalue weighted by Crippen LogP contribution is 2.10. The average Bonchev–Trinajstić information content (AvgIpc) is 2.03. The summed E-state index contributed by atoms with van der Waals surface area (Å²) in [6.07, 6.45) is 0.628. The van der Waals surface area contributed by atoms with Crippen LogP contribution >= 0.6 is 0 Å². The summed E-state index contributed by atoms with van der Waals surface area (Å²) >= 11 is -2.26. The van der Waals surface area contributed by atoms with Crippen LogP contribution in [0.25, 0.3) is 0 Å². The molecule has 0 saturated carbocycles. The molecule has 0 spiro atoms. The molecule has 3 nitrogen and oxygen atoms in total. The number of aldehydes is 1. The fourth-order valence-corrected chi connectivity index (χ4v) is 1.46. The van der Waals surface area contributed by atoms with Crippen LogP contribution in [-0.2, 0) is 11.1 Å². The Morgan fingerprint density at radius 3 is 2.58 bits per heavy atom. The van der Waals surface area contributed by atoms with E-state index in [0.717, 1.165) is 5.56 Å². The predicted molar refractivity (Wildman–Crippen MR) is 43.8 cm³/mol. The summed E-state index contributed by atoms with van der Waals surface area (Å²) in [7, 11) is 0. The van der Waals surface area contributed by atoms with Crippen LogP contribution in [0, 0.1) is 6.92 Å². The predicted octanol–water partition coefficient (Wildman–Crippen LogP) is 1.05. The Balaban J connectivity index is 3.23. The van der Waals surface area contributed by atoms with Crippen LogP contribution < -0.4 is 0 Å². The number of rotatable bonds is 2. The smallest absolute Gasteiger partial charge is 0.150 e. The molecule has 1 unspecified atom stereocenters. The topological polar surface area (TPSA) is 57.2 Å². The minimum atomic E-state index is -2.26. The molecule has 0 saturated heterocycles. The fourth-order valence-electron chi connectivity index (χ4n) is 0.941. The van der Waals surface area contributed by atoms with Gasteiger partial charge in [0.1, 0.15) is 6.29 Å². The Hall–Kier alpha value is -1.00. The van der Waals surface area contributed by atoms with Gasteiger partial charge in [-0.25, -0.2) is 0 Å². The molecule has 0 heterocycles. The molecule has 1 atom stereocenters. The molecule has 4 heteroatoms. The summed E-state index contributed by atoms with van der Waals surface area (Å²) in [6, 6.07) is 4.47. The first-order valence-electron chi connectivity index (χ1n) is 3.29. The van der Waals surface area contributed by atoms with Gasteiger partial charge in [-0.1, -0.05) is 0 Å².